The Kier molecular flexibility index (Phi) is 5.04. The zero-order valence-corrected chi connectivity index (χ0v) is 12.9. The van der Waals surface area contributed by atoms with Gasteiger partial charge >= 0.3 is 0 Å². The van der Waals surface area contributed by atoms with Crippen molar-refractivity contribution in [3.8, 4) is 5.75 Å². The highest BCUT2D eigenvalue weighted by Gasteiger charge is 2.17. The van der Waals surface area contributed by atoms with Gasteiger partial charge in [-0.1, -0.05) is 27.7 Å². The third-order valence-electron chi connectivity index (χ3n) is 2.86. The van der Waals surface area contributed by atoms with Crippen LogP contribution in [0.5, 0.6) is 5.75 Å². The molecule has 0 atom stereocenters. The van der Waals surface area contributed by atoms with E-state index in [4.69, 9.17) is 0 Å². The Balaban J connectivity index is 3.42. The topological polar surface area (TPSA) is 37.3 Å². The van der Waals surface area contributed by atoms with Crippen LogP contribution in [-0.2, 0) is 0 Å². The van der Waals surface area contributed by atoms with Gasteiger partial charge in [0, 0.05) is 5.56 Å². The molecule has 4 heteroatoms. The molecule has 1 N–H and O–H groups in total. The summed E-state index contributed by atoms with van der Waals surface area (Å²) < 4.78 is 0. The molecule has 0 saturated carbocycles. The van der Waals surface area contributed by atoms with Crippen molar-refractivity contribution in [2.45, 2.75) is 39.5 Å². The van der Waals surface area contributed by atoms with Crippen LogP contribution < -0.4 is 0 Å². The molecule has 0 heterocycles. The summed E-state index contributed by atoms with van der Waals surface area (Å²) in [4.78, 5) is 11.8. The van der Waals surface area contributed by atoms with Crippen LogP contribution >= 0.6 is 22.4 Å². The molecular formula is C13H18BIO2. The van der Waals surface area contributed by atoms with Crippen molar-refractivity contribution in [1.29, 1.82) is 0 Å². The number of benzene rings is 1. The molecule has 0 unspecified atom stereocenters. The fraction of sp³-hybridized carbons (Fsp3) is 0.462. The van der Waals surface area contributed by atoms with Crippen molar-refractivity contribution in [3.63, 3.8) is 0 Å². The molecule has 0 spiro atoms. The smallest absolute Gasteiger partial charge is 0.285 e. The summed E-state index contributed by atoms with van der Waals surface area (Å²) in [7, 11) is 0. The van der Waals surface area contributed by atoms with Gasteiger partial charge in [0.05, 0.1) is 0 Å². The first-order valence-corrected chi connectivity index (χ1v) is 7.37. The summed E-state index contributed by atoms with van der Waals surface area (Å²) in [5, 5.41) is 10.7. The van der Waals surface area contributed by atoms with Crippen LogP contribution in [0.2, 0.25) is 0 Å². The van der Waals surface area contributed by atoms with E-state index in [0.717, 1.165) is 11.1 Å². The molecule has 0 fully saturated rings. The number of carbonyl (C=O) groups is 1. The molecule has 2 nitrogen and oxygen atoms in total. The molecule has 0 saturated heterocycles. The number of hydrogen-bond donors (Lipinski definition) is 1. The molecule has 0 aliphatic rings. The van der Waals surface area contributed by atoms with Crippen molar-refractivity contribution in [2.24, 2.45) is 0 Å². The lowest BCUT2D eigenvalue weighted by Crippen LogP contribution is -2.07. The van der Waals surface area contributed by atoms with Gasteiger partial charge in [-0.15, -0.1) is 22.4 Å². The largest absolute Gasteiger partial charge is 0.507 e. The Hall–Kier alpha value is -0.515. The number of aromatic hydroxyl groups is 1. The lowest BCUT2D eigenvalue weighted by Gasteiger charge is -2.16. The van der Waals surface area contributed by atoms with Gasteiger partial charge in [-0.05, 0) is 35.1 Å². The van der Waals surface area contributed by atoms with Crippen LogP contribution in [0.25, 0.3) is 0 Å². The maximum atomic E-state index is 11.8. The molecule has 1 aromatic rings. The van der Waals surface area contributed by atoms with Crippen molar-refractivity contribution in [1.82, 2.24) is 0 Å². The number of phenolic OH excluding ortho intramolecular Hbond substituents is 1. The van der Waals surface area contributed by atoms with Crippen LogP contribution in [0.1, 0.15) is 61.0 Å². The summed E-state index contributed by atoms with van der Waals surface area (Å²) in [5.74, 6) is 0.781. The van der Waals surface area contributed by atoms with Gasteiger partial charge in [-0.25, -0.2) is 0 Å². The van der Waals surface area contributed by atoms with E-state index < -0.39 is 0 Å². The number of rotatable bonds is 4. The average molecular weight is 344 g/mol. The first-order valence-electron chi connectivity index (χ1n) is 5.84. The van der Waals surface area contributed by atoms with Crippen molar-refractivity contribution >= 4 is 33.2 Å². The molecule has 0 radical (unpaired) electrons. The summed E-state index contributed by atoms with van der Waals surface area (Å²) in [6, 6.07) is 3.65. The predicted octanol–water partition coefficient (Wildman–Crippen LogP) is 3.57. The van der Waals surface area contributed by atoms with E-state index in [1.807, 2.05) is 39.8 Å². The molecule has 0 amide bonds. The number of hydrogen-bond acceptors (Lipinski definition) is 2. The molecule has 0 aliphatic carbocycles. The maximum Gasteiger partial charge on any atom is 0.285 e. The Labute approximate surface area is 117 Å². The minimum atomic E-state index is 0.120. The molecule has 0 aromatic heterocycles. The first-order chi connectivity index (χ1) is 7.88. The predicted molar refractivity (Wildman–Crippen MR) is 81.8 cm³/mol. The highest BCUT2D eigenvalue weighted by molar-refractivity contribution is 14.1. The van der Waals surface area contributed by atoms with E-state index in [1.54, 1.807) is 0 Å². The molecule has 1 rings (SSSR count). The second-order valence-corrected chi connectivity index (χ2v) is 5.63. The second kappa shape index (κ2) is 5.89. The Morgan fingerprint density at radius 1 is 1.18 bits per heavy atom. The third kappa shape index (κ3) is 3.24. The monoisotopic (exact) mass is 344 g/mol. The number of halogens is 1. The number of carbonyl (C=O) groups excluding carboxylic acids is 1. The standard InChI is InChI=1S/C13H18BIO2/c1-7(2)10-5-9(13(17)14-15)6-11(8(3)4)12(10)16/h5-8,14,16H,1-4H3. The van der Waals surface area contributed by atoms with E-state index in [1.165, 1.54) is 0 Å². The average Bonchev–Trinajstić information content (AvgIpc) is 2.27. The van der Waals surface area contributed by atoms with Gasteiger partial charge in [-0.2, -0.15) is 0 Å². The van der Waals surface area contributed by atoms with Gasteiger partial charge in [0.1, 0.15) is 11.4 Å². The Morgan fingerprint density at radius 3 is 1.88 bits per heavy atom. The van der Waals surface area contributed by atoms with Gasteiger partial charge in [0.15, 0.2) is 0 Å². The minimum absolute atomic E-state index is 0.120. The second-order valence-electron chi connectivity index (χ2n) is 4.87. The van der Waals surface area contributed by atoms with Crippen LogP contribution in [0.15, 0.2) is 12.1 Å². The van der Waals surface area contributed by atoms with Gasteiger partial charge in [0.2, 0.25) is 0 Å². The van der Waals surface area contributed by atoms with Crippen LogP contribution in [0.3, 0.4) is 0 Å². The zero-order valence-electron chi connectivity index (χ0n) is 10.7. The Bertz CT molecular complexity index is 398. The SMILES string of the molecule is CC(C)c1cc(C(=O)BI)cc(C(C)C)c1O. The molecule has 0 aliphatic heterocycles. The first kappa shape index (κ1) is 14.5. The summed E-state index contributed by atoms with van der Waals surface area (Å²) >= 11 is 2.07. The van der Waals surface area contributed by atoms with E-state index >= 15 is 0 Å². The van der Waals surface area contributed by atoms with E-state index in [9.17, 15) is 9.90 Å². The molecule has 17 heavy (non-hydrogen) atoms. The van der Waals surface area contributed by atoms with Crippen molar-refractivity contribution < 1.29 is 9.90 Å². The normalized spacial score (nSPS) is 11.0. The van der Waals surface area contributed by atoms with Crippen molar-refractivity contribution in [3.05, 3.63) is 28.8 Å². The quantitative estimate of drug-likeness (QED) is 0.670. The fourth-order valence-corrected chi connectivity index (χ4v) is 2.24. The van der Waals surface area contributed by atoms with Crippen LogP contribution in [-0.4, -0.2) is 15.9 Å². The molecule has 0 bridgehead atoms. The number of phenols is 1. The molecular weight excluding hydrogens is 326 g/mol. The van der Waals surface area contributed by atoms with Gasteiger partial charge in [-0.3, -0.25) is 0 Å². The lowest BCUT2D eigenvalue weighted by molar-refractivity contribution is 0.108. The van der Waals surface area contributed by atoms with Gasteiger partial charge < -0.3 is 9.90 Å². The van der Waals surface area contributed by atoms with E-state index in [2.05, 4.69) is 22.4 Å². The summed E-state index contributed by atoms with van der Waals surface area (Å²) in [5.41, 5.74) is 2.56. The zero-order chi connectivity index (χ0) is 13.2. The minimum Gasteiger partial charge on any atom is -0.507 e. The lowest BCUT2D eigenvalue weighted by atomic mass is 9.86. The van der Waals surface area contributed by atoms with Crippen LogP contribution in [0, 0.1) is 0 Å². The summed E-state index contributed by atoms with van der Waals surface area (Å²) in [6.45, 7) is 8.10. The maximum absolute atomic E-state index is 11.8. The van der Waals surface area contributed by atoms with Gasteiger partial charge in [0.25, 0.3) is 5.14 Å². The fourth-order valence-electron chi connectivity index (χ4n) is 1.80. The van der Waals surface area contributed by atoms with E-state index in [-0.39, 0.29) is 17.5 Å². The molecule has 92 valence electrons. The highest BCUT2D eigenvalue weighted by atomic mass is 127. The third-order valence-corrected chi connectivity index (χ3v) is 3.55. The highest BCUT2D eigenvalue weighted by Crippen LogP contribution is 2.34. The molecule has 1 aromatic carbocycles. The summed E-state index contributed by atoms with van der Waals surface area (Å²) in [6.07, 6.45) is 0. The van der Waals surface area contributed by atoms with Crippen molar-refractivity contribution in [2.75, 3.05) is 0 Å². The van der Waals surface area contributed by atoms with Crippen LogP contribution in [0.4, 0.5) is 0 Å². The van der Waals surface area contributed by atoms with E-state index in [0.29, 0.717) is 16.4 Å². The Morgan fingerprint density at radius 2 is 1.59 bits per heavy atom.